The largest absolute Gasteiger partial charge is 0.314 e. The lowest BCUT2D eigenvalue weighted by atomic mass is 9.96. The standard InChI is InChI=1S/C11H22IN3/c1-14-6-2-10(3-7-14)11(12)15-8-4-13-5-9-15/h10-11,13H,2-9H2,1H3. The first kappa shape index (κ1) is 12.1. The van der Waals surface area contributed by atoms with Gasteiger partial charge in [0.15, 0.2) is 0 Å². The fraction of sp³-hybridized carbons (Fsp3) is 1.00. The van der Waals surface area contributed by atoms with Crippen molar-refractivity contribution in [3.05, 3.63) is 0 Å². The lowest BCUT2D eigenvalue weighted by Gasteiger charge is -2.39. The number of likely N-dealkylation sites (tertiary alicyclic amines) is 1. The molecule has 0 aromatic carbocycles. The monoisotopic (exact) mass is 323 g/mol. The summed E-state index contributed by atoms with van der Waals surface area (Å²) in [5.41, 5.74) is 0. The Morgan fingerprint density at radius 3 is 2.33 bits per heavy atom. The molecule has 1 N–H and O–H groups in total. The van der Waals surface area contributed by atoms with E-state index in [0.717, 1.165) is 9.97 Å². The maximum Gasteiger partial charge on any atom is 0.0648 e. The summed E-state index contributed by atoms with van der Waals surface area (Å²) in [6.45, 7) is 7.39. The van der Waals surface area contributed by atoms with E-state index in [4.69, 9.17) is 0 Å². The predicted molar refractivity (Wildman–Crippen MR) is 72.5 cm³/mol. The van der Waals surface area contributed by atoms with Gasteiger partial charge >= 0.3 is 0 Å². The zero-order chi connectivity index (χ0) is 10.7. The van der Waals surface area contributed by atoms with E-state index in [2.05, 4.69) is 44.8 Å². The topological polar surface area (TPSA) is 18.5 Å². The molecule has 0 bridgehead atoms. The minimum absolute atomic E-state index is 0.762. The third-order valence-electron chi connectivity index (χ3n) is 3.65. The van der Waals surface area contributed by atoms with Crippen molar-refractivity contribution in [3.63, 3.8) is 0 Å². The number of alkyl halides is 1. The van der Waals surface area contributed by atoms with Crippen molar-refractivity contribution < 1.29 is 0 Å². The summed E-state index contributed by atoms with van der Waals surface area (Å²) < 4.78 is 0.762. The second-order valence-corrected chi connectivity index (χ2v) is 6.08. The van der Waals surface area contributed by atoms with Crippen LogP contribution in [-0.2, 0) is 0 Å². The Morgan fingerprint density at radius 2 is 1.73 bits per heavy atom. The van der Waals surface area contributed by atoms with Gasteiger partial charge in [0.05, 0.1) is 4.05 Å². The normalized spacial score (nSPS) is 29.2. The van der Waals surface area contributed by atoms with Gasteiger partial charge in [0.25, 0.3) is 0 Å². The van der Waals surface area contributed by atoms with Gasteiger partial charge in [0.1, 0.15) is 0 Å². The van der Waals surface area contributed by atoms with Crippen molar-refractivity contribution in [2.75, 3.05) is 46.3 Å². The Labute approximate surface area is 107 Å². The highest BCUT2D eigenvalue weighted by Crippen LogP contribution is 2.27. The van der Waals surface area contributed by atoms with E-state index >= 15 is 0 Å². The van der Waals surface area contributed by atoms with Crippen LogP contribution >= 0.6 is 22.6 Å². The van der Waals surface area contributed by atoms with E-state index in [1.165, 1.54) is 52.1 Å². The Bertz CT molecular complexity index is 186. The summed E-state index contributed by atoms with van der Waals surface area (Å²) in [6.07, 6.45) is 2.77. The van der Waals surface area contributed by atoms with Crippen LogP contribution in [0.2, 0.25) is 0 Å². The lowest BCUT2D eigenvalue weighted by molar-refractivity contribution is 0.140. The molecule has 3 nitrogen and oxygen atoms in total. The molecular weight excluding hydrogens is 301 g/mol. The summed E-state index contributed by atoms with van der Waals surface area (Å²) in [5, 5.41) is 3.43. The molecule has 4 heteroatoms. The number of piperazine rings is 1. The van der Waals surface area contributed by atoms with Gasteiger partial charge < -0.3 is 10.2 Å². The molecule has 0 spiro atoms. The first-order valence-electron chi connectivity index (χ1n) is 6.05. The van der Waals surface area contributed by atoms with Crippen LogP contribution in [0.5, 0.6) is 0 Å². The number of hydrogen-bond acceptors (Lipinski definition) is 3. The molecule has 15 heavy (non-hydrogen) atoms. The van der Waals surface area contributed by atoms with Gasteiger partial charge in [-0.3, -0.25) is 4.90 Å². The van der Waals surface area contributed by atoms with Crippen molar-refractivity contribution in [2.45, 2.75) is 16.9 Å². The van der Waals surface area contributed by atoms with Crippen molar-refractivity contribution in [2.24, 2.45) is 5.92 Å². The summed E-state index contributed by atoms with van der Waals surface area (Å²) in [7, 11) is 2.24. The molecular formula is C11H22IN3. The molecule has 2 saturated heterocycles. The Balaban J connectivity index is 1.81. The van der Waals surface area contributed by atoms with Gasteiger partial charge in [0.2, 0.25) is 0 Å². The number of halogens is 1. The first-order chi connectivity index (χ1) is 7.27. The van der Waals surface area contributed by atoms with Crippen LogP contribution in [0.15, 0.2) is 0 Å². The van der Waals surface area contributed by atoms with Crippen LogP contribution in [0.4, 0.5) is 0 Å². The molecule has 2 heterocycles. The molecule has 0 saturated carbocycles. The SMILES string of the molecule is CN1CCC(C(I)N2CCNCC2)CC1. The zero-order valence-corrected chi connectivity index (χ0v) is 11.7. The molecule has 2 fully saturated rings. The first-order valence-corrected chi connectivity index (χ1v) is 7.29. The van der Waals surface area contributed by atoms with Gasteiger partial charge in [0, 0.05) is 26.2 Å². The molecule has 0 radical (unpaired) electrons. The number of hydrogen-bond donors (Lipinski definition) is 1. The molecule has 0 aromatic rings. The van der Waals surface area contributed by atoms with Crippen molar-refractivity contribution in [1.82, 2.24) is 15.1 Å². The van der Waals surface area contributed by atoms with E-state index in [9.17, 15) is 0 Å². The molecule has 2 aliphatic heterocycles. The van der Waals surface area contributed by atoms with Gasteiger partial charge in [-0.05, 0) is 38.9 Å². The molecule has 2 aliphatic rings. The highest BCUT2D eigenvalue weighted by molar-refractivity contribution is 14.1. The minimum atomic E-state index is 0.762. The third kappa shape index (κ3) is 3.28. The van der Waals surface area contributed by atoms with Gasteiger partial charge in [-0.25, -0.2) is 0 Å². The molecule has 1 unspecified atom stereocenters. The number of nitrogens with zero attached hydrogens (tertiary/aromatic N) is 2. The molecule has 88 valence electrons. The summed E-state index contributed by atoms with van der Waals surface area (Å²) >= 11 is 2.67. The van der Waals surface area contributed by atoms with E-state index in [0.29, 0.717) is 0 Å². The highest BCUT2D eigenvalue weighted by Gasteiger charge is 2.28. The highest BCUT2D eigenvalue weighted by atomic mass is 127. The lowest BCUT2D eigenvalue weighted by Crippen LogP contribution is -2.50. The fourth-order valence-corrected chi connectivity index (χ4v) is 3.81. The Morgan fingerprint density at radius 1 is 1.13 bits per heavy atom. The molecule has 0 aliphatic carbocycles. The number of nitrogens with one attached hydrogen (secondary N) is 1. The molecule has 0 aromatic heterocycles. The van der Waals surface area contributed by atoms with E-state index in [1.54, 1.807) is 0 Å². The Hall–Kier alpha value is 0.610. The molecule has 1 atom stereocenters. The van der Waals surface area contributed by atoms with Crippen LogP contribution in [0.1, 0.15) is 12.8 Å². The van der Waals surface area contributed by atoms with Crippen molar-refractivity contribution in [1.29, 1.82) is 0 Å². The quantitative estimate of drug-likeness (QED) is 0.465. The second-order valence-electron chi connectivity index (χ2n) is 4.80. The van der Waals surface area contributed by atoms with Gasteiger partial charge in [-0.2, -0.15) is 0 Å². The second kappa shape index (κ2) is 5.80. The van der Waals surface area contributed by atoms with Gasteiger partial charge in [-0.15, -0.1) is 0 Å². The maximum absolute atomic E-state index is 3.43. The zero-order valence-electron chi connectivity index (χ0n) is 9.58. The van der Waals surface area contributed by atoms with E-state index < -0.39 is 0 Å². The molecule has 2 rings (SSSR count). The third-order valence-corrected chi connectivity index (χ3v) is 5.46. The van der Waals surface area contributed by atoms with E-state index in [1.807, 2.05) is 0 Å². The van der Waals surface area contributed by atoms with Gasteiger partial charge in [-0.1, -0.05) is 22.6 Å². The van der Waals surface area contributed by atoms with Crippen LogP contribution < -0.4 is 5.32 Å². The average Bonchev–Trinajstić information content (AvgIpc) is 2.30. The van der Waals surface area contributed by atoms with Crippen LogP contribution in [-0.4, -0.2) is 60.2 Å². The Kier molecular flexibility index (Phi) is 4.67. The van der Waals surface area contributed by atoms with Crippen molar-refractivity contribution in [3.8, 4) is 0 Å². The molecule has 0 amide bonds. The van der Waals surface area contributed by atoms with Crippen LogP contribution in [0, 0.1) is 5.92 Å². The predicted octanol–water partition coefficient (Wildman–Crippen LogP) is 0.994. The fourth-order valence-electron chi connectivity index (χ4n) is 2.53. The number of piperidine rings is 1. The smallest absolute Gasteiger partial charge is 0.0648 e. The van der Waals surface area contributed by atoms with Crippen LogP contribution in [0.25, 0.3) is 0 Å². The summed E-state index contributed by atoms with van der Waals surface area (Å²) in [5.74, 6) is 0.917. The number of rotatable bonds is 2. The van der Waals surface area contributed by atoms with Crippen LogP contribution in [0.3, 0.4) is 0 Å². The summed E-state index contributed by atoms with van der Waals surface area (Å²) in [6, 6.07) is 0. The average molecular weight is 323 g/mol. The van der Waals surface area contributed by atoms with E-state index in [-0.39, 0.29) is 0 Å². The summed E-state index contributed by atoms with van der Waals surface area (Å²) in [4.78, 5) is 5.12. The minimum Gasteiger partial charge on any atom is -0.314 e. The maximum atomic E-state index is 3.43. The van der Waals surface area contributed by atoms with Crippen molar-refractivity contribution >= 4 is 22.6 Å².